The standard InChI is InChI=1S/C24H27N3O2/c1-17-7-3-4-11-23(17)29-16-19-8-6-12-27(15-19)24(28)21-10-5-9-20(13-21)22-14-25-18(2)26-22/h3-5,7,9-11,13-14,19H,6,8,12,15-16H2,1-2H3,(H,25,26). The molecule has 150 valence electrons. The number of carbonyl (C=O) groups excluding carboxylic acids is 1. The van der Waals surface area contributed by atoms with E-state index in [2.05, 4.69) is 23.0 Å². The van der Waals surface area contributed by atoms with Crippen molar-refractivity contribution in [2.75, 3.05) is 19.7 Å². The zero-order valence-electron chi connectivity index (χ0n) is 17.0. The van der Waals surface area contributed by atoms with Crippen molar-refractivity contribution in [2.24, 2.45) is 5.92 Å². The lowest BCUT2D eigenvalue weighted by atomic mass is 9.98. The summed E-state index contributed by atoms with van der Waals surface area (Å²) in [5.74, 6) is 2.23. The molecule has 1 amide bonds. The van der Waals surface area contributed by atoms with Crippen molar-refractivity contribution in [2.45, 2.75) is 26.7 Å². The molecule has 2 aromatic carbocycles. The van der Waals surface area contributed by atoms with Crippen molar-refractivity contribution >= 4 is 5.91 Å². The number of carbonyl (C=O) groups is 1. The molecule has 1 unspecified atom stereocenters. The fourth-order valence-corrected chi connectivity index (χ4v) is 3.88. The molecule has 1 aliphatic rings. The normalized spacial score (nSPS) is 16.6. The SMILES string of the molecule is Cc1ncc(-c2cccc(C(=O)N3CCCC(COc4ccccc4C)C3)c2)[nH]1. The predicted octanol–water partition coefficient (Wildman–Crippen LogP) is 4.62. The second kappa shape index (κ2) is 8.52. The van der Waals surface area contributed by atoms with Gasteiger partial charge in [0.15, 0.2) is 0 Å². The molecule has 0 saturated carbocycles. The molecule has 5 nitrogen and oxygen atoms in total. The average Bonchev–Trinajstić information content (AvgIpc) is 3.19. The Bertz CT molecular complexity index is 995. The quantitative estimate of drug-likeness (QED) is 0.692. The van der Waals surface area contributed by atoms with Gasteiger partial charge in [-0.2, -0.15) is 0 Å². The lowest BCUT2D eigenvalue weighted by Crippen LogP contribution is -2.41. The van der Waals surface area contributed by atoms with Crippen molar-refractivity contribution < 1.29 is 9.53 Å². The summed E-state index contributed by atoms with van der Waals surface area (Å²) in [6.45, 7) is 6.15. The Morgan fingerprint density at radius 2 is 2.07 bits per heavy atom. The number of imidazole rings is 1. The molecule has 1 fully saturated rings. The van der Waals surface area contributed by atoms with Crippen LogP contribution in [0.1, 0.15) is 34.6 Å². The second-order valence-electron chi connectivity index (χ2n) is 7.80. The largest absolute Gasteiger partial charge is 0.493 e. The number of aromatic amines is 1. The van der Waals surface area contributed by atoms with Gasteiger partial charge in [0.1, 0.15) is 11.6 Å². The van der Waals surface area contributed by atoms with Crippen LogP contribution in [0.15, 0.2) is 54.7 Å². The number of nitrogens with zero attached hydrogens (tertiary/aromatic N) is 2. The van der Waals surface area contributed by atoms with Crippen molar-refractivity contribution in [3.05, 3.63) is 71.7 Å². The molecule has 0 spiro atoms. The number of amides is 1. The molecule has 1 N–H and O–H groups in total. The van der Waals surface area contributed by atoms with Crippen LogP contribution in [-0.4, -0.2) is 40.5 Å². The van der Waals surface area contributed by atoms with Crippen molar-refractivity contribution in [3.8, 4) is 17.0 Å². The maximum absolute atomic E-state index is 13.1. The van der Waals surface area contributed by atoms with Gasteiger partial charge in [-0.1, -0.05) is 30.3 Å². The molecule has 2 heterocycles. The van der Waals surface area contributed by atoms with Gasteiger partial charge >= 0.3 is 0 Å². The maximum atomic E-state index is 13.1. The van der Waals surface area contributed by atoms with Crippen LogP contribution in [0.2, 0.25) is 0 Å². The van der Waals surface area contributed by atoms with Gasteiger partial charge in [0.25, 0.3) is 5.91 Å². The highest BCUT2D eigenvalue weighted by Crippen LogP contribution is 2.24. The maximum Gasteiger partial charge on any atom is 0.253 e. The Kier molecular flexibility index (Phi) is 5.65. The molecular weight excluding hydrogens is 362 g/mol. The monoisotopic (exact) mass is 389 g/mol. The van der Waals surface area contributed by atoms with Gasteiger partial charge < -0.3 is 14.6 Å². The number of para-hydroxylation sites is 1. The first-order valence-corrected chi connectivity index (χ1v) is 10.2. The number of H-pyrrole nitrogens is 1. The lowest BCUT2D eigenvalue weighted by molar-refractivity contribution is 0.0633. The van der Waals surface area contributed by atoms with Crippen molar-refractivity contribution in [1.29, 1.82) is 0 Å². The Morgan fingerprint density at radius 1 is 1.21 bits per heavy atom. The number of rotatable bonds is 5. The number of aryl methyl sites for hydroxylation is 2. The molecule has 29 heavy (non-hydrogen) atoms. The number of hydrogen-bond donors (Lipinski definition) is 1. The van der Waals surface area contributed by atoms with E-state index in [1.807, 2.05) is 54.3 Å². The molecule has 3 aromatic rings. The third-order valence-electron chi connectivity index (χ3n) is 5.50. The number of ether oxygens (including phenoxy) is 1. The zero-order valence-corrected chi connectivity index (χ0v) is 17.0. The van der Waals surface area contributed by atoms with Crippen LogP contribution >= 0.6 is 0 Å². The van der Waals surface area contributed by atoms with Crippen LogP contribution in [0, 0.1) is 19.8 Å². The molecule has 0 radical (unpaired) electrons. The summed E-state index contributed by atoms with van der Waals surface area (Å²) in [5, 5.41) is 0. The number of piperidine rings is 1. The highest BCUT2D eigenvalue weighted by Gasteiger charge is 2.25. The third-order valence-corrected chi connectivity index (χ3v) is 5.50. The van der Waals surface area contributed by atoms with Gasteiger partial charge in [-0.3, -0.25) is 4.79 Å². The Morgan fingerprint density at radius 3 is 2.86 bits per heavy atom. The number of aromatic nitrogens is 2. The van der Waals surface area contributed by atoms with Crippen LogP contribution in [0.3, 0.4) is 0 Å². The minimum atomic E-state index is 0.0867. The number of hydrogen-bond acceptors (Lipinski definition) is 3. The zero-order chi connectivity index (χ0) is 20.2. The van der Waals surface area contributed by atoms with Crippen LogP contribution < -0.4 is 4.74 Å². The van der Waals surface area contributed by atoms with Crippen molar-refractivity contribution in [1.82, 2.24) is 14.9 Å². The number of nitrogens with one attached hydrogen (secondary N) is 1. The van der Waals surface area contributed by atoms with E-state index in [9.17, 15) is 4.79 Å². The van der Waals surface area contributed by atoms with E-state index < -0.39 is 0 Å². The molecular formula is C24H27N3O2. The van der Waals surface area contributed by atoms with Gasteiger partial charge in [0.05, 0.1) is 18.5 Å². The summed E-state index contributed by atoms with van der Waals surface area (Å²) in [6, 6.07) is 15.8. The predicted molar refractivity (Wildman–Crippen MR) is 114 cm³/mol. The fourth-order valence-electron chi connectivity index (χ4n) is 3.88. The van der Waals surface area contributed by atoms with E-state index in [1.54, 1.807) is 6.20 Å². The van der Waals surface area contributed by atoms with Gasteiger partial charge in [0.2, 0.25) is 0 Å². The fraction of sp³-hybridized carbons (Fsp3) is 0.333. The number of likely N-dealkylation sites (tertiary alicyclic amines) is 1. The highest BCUT2D eigenvalue weighted by molar-refractivity contribution is 5.95. The average molecular weight is 389 g/mol. The van der Waals surface area contributed by atoms with E-state index in [4.69, 9.17) is 4.74 Å². The van der Waals surface area contributed by atoms with E-state index in [0.717, 1.165) is 59.9 Å². The molecule has 1 atom stereocenters. The van der Waals surface area contributed by atoms with E-state index in [1.165, 1.54) is 0 Å². The lowest BCUT2D eigenvalue weighted by Gasteiger charge is -2.33. The van der Waals surface area contributed by atoms with E-state index in [-0.39, 0.29) is 5.91 Å². The highest BCUT2D eigenvalue weighted by atomic mass is 16.5. The Balaban J connectivity index is 1.42. The van der Waals surface area contributed by atoms with Gasteiger partial charge in [-0.25, -0.2) is 4.98 Å². The Labute approximate surface area is 171 Å². The van der Waals surface area contributed by atoms with Crippen LogP contribution in [-0.2, 0) is 0 Å². The second-order valence-corrected chi connectivity index (χ2v) is 7.80. The summed E-state index contributed by atoms with van der Waals surface area (Å²) < 4.78 is 6.04. The summed E-state index contributed by atoms with van der Waals surface area (Å²) in [4.78, 5) is 22.6. The van der Waals surface area contributed by atoms with Gasteiger partial charge in [-0.15, -0.1) is 0 Å². The summed E-state index contributed by atoms with van der Waals surface area (Å²) in [7, 11) is 0. The van der Waals surface area contributed by atoms with Crippen LogP contribution in [0.5, 0.6) is 5.75 Å². The molecule has 1 aliphatic heterocycles. The van der Waals surface area contributed by atoms with E-state index in [0.29, 0.717) is 12.5 Å². The smallest absolute Gasteiger partial charge is 0.253 e. The van der Waals surface area contributed by atoms with Gasteiger partial charge in [-0.05, 0) is 50.5 Å². The summed E-state index contributed by atoms with van der Waals surface area (Å²) in [5.41, 5.74) is 3.77. The number of benzene rings is 2. The molecule has 5 heteroatoms. The third kappa shape index (κ3) is 4.50. The summed E-state index contributed by atoms with van der Waals surface area (Å²) in [6.07, 6.45) is 3.90. The van der Waals surface area contributed by atoms with E-state index >= 15 is 0 Å². The minimum Gasteiger partial charge on any atom is -0.493 e. The van der Waals surface area contributed by atoms with Crippen molar-refractivity contribution in [3.63, 3.8) is 0 Å². The first-order chi connectivity index (χ1) is 14.1. The van der Waals surface area contributed by atoms with Crippen LogP contribution in [0.25, 0.3) is 11.3 Å². The topological polar surface area (TPSA) is 58.2 Å². The molecule has 1 aromatic heterocycles. The minimum absolute atomic E-state index is 0.0867. The molecule has 0 bridgehead atoms. The first-order valence-electron chi connectivity index (χ1n) is 10.2. The van der Waals surface area contributed by atoms with Crippen LogP contribution in [0.4, 0.5) is 0 Å². The summed E-state index contributed by atoms with van der Waals surface area (Å²) >= 11 is 0. The Hall–Kier alpha value is -3.08. The van der Waals surface area contributed by atoms with Gasteiger partial charge in [0, 0.05) is 30.1 Å². The molecule has 1 saturated heterocycles. The first kappa shape index (κ1) is 19.2. The molecule has 4 rings (SSSR count). The molecule has 0 aliphatic carbocycles.